The first-order valence-corrected chi connectivity index (χ1v) is 6.94. The fourth-order valence-electron chi connectivity index (χ4n) is 1.81. The summed E-state index contributed by atoms with van der Waals surface area (Å²) in [5.74, 6) is 0. The van der Waals surface area contributed by atoms with Gasteiger partial charge in [-0.3, -0.25) is 9.79 Å². The number of aromatic amines is 1. The monoisotopic (exact) mass is 286 g/mol. The minimum atomic E-state index is -0.120. The van der Waals surface area contributed by atoms with E-state index in [0.29, 0.717) is 5.03 Å². The van der Waals surface area contributed by atoms with Crippen LogP contribution in [0.3, 0.4) is 0 Å². The molecule has 0 radical (unpaired) electrons. The van der Waals surface area contributed by atoms with Gasteiger partial charge in [0, 0.05) is 6.21 Å². The second-order valence-corrected chi connectivity index (χ2v) is 5.48. The highest BCUT2D eigenvalue weighted by Gasteiger charge is 2.01. The van der Waals surface area contributed by atoms with Crippen molar-refractivity contribution in [1.82, 2.24) is 4.98 Å². The maximum absolute atomic E-state index is 11.1. The molecule has 0 saturated heterocycles. The number of aliphatic imine (C=N–C) groups is 1. The second kappa shape index (κ2) is 5.03. The number of H-pyrrole nitrogens is 1. The molecule has 0 unspecified atom stereocenters. The second-order valence-electron chi connectivity index (χ2n) is 4.02. The zero-order valence-electron chi connectivity index (χ0n) is 9.83. The molecular formula is C14H10N2OS2. The number of aromatic nitrogens is 1. The molecule has 1 aromatic heterocycles. The Morgan fingerprint density at radius 2 is 1.95 bits per heavy atom. The molecule has 3 aromatic rings. The van der Waals surface area contributed by atoms with Crippen molar-refractivity contribution in [3.8, 4) is 0 Å². The molecule has 0 fully saturated rings. The van der Waals surface area contributed by atoms with E-state index in [1.165, 1.54) is 5.39 Å². The molecule has 0 saturated carbocycles. The lowest BCUT2D eigenvalue weighted by molar-refractivity contribution is 1.16. The summed E-state index contributed by atoms with van der Waals surface area (Å²) in [4.78, 5) is 18.8. The van der Waals surface area contributed by atoms with Gasteiger partial charge in [0.1, 0.15) is 0 Å². The van der Waals surface area contributed by atoms with E-state index in [-0.39, 0.29) is 4.87 Å². The fourth-order valence-corrected chi connectivity index (χ4v) is 2.79. The summed E-state index contributed by atoms with van der Waals surface area (Å²) in [7, 11) is 0. The number of nitrogens with zero attached hydrogens (tertiary/aromatic N) is 1. The third kappa shape index (κ3) is 2.62. The highest BCUT2D eigenvalue weighted by molar-refractivity contribution is 7.80. The number of thiol groups is 1. The first-order valence-electron chi connectivity index (χ1n) is 5.67. The van der Waals surface area contributed by atoms with Gasteiger partial charge in [-0.2, -0.15) is 0 Å². The first kappa shape index (κ1) is 12.2. The van der Waals surface area contributed by atoms with Crippen LogP contribution in [0.4, 0.5) is 5.69 Å². The molecule has 0 aliphatic rings. The van der Waals surface area contributed by atoms with E-state index in [0.717, 1.165) is 27.3 Å². The van der Waals surface area contributed by atoms with Crippen molar-refractivity contribution in [1.29, 1.82) is 0 Å². The number of benzene rings is 2. The quantitative estimate of drug-likeness (QED) is 0.548. The summed E-state index contributed by atoms with van der Waals surface area (Å²) in [5, 5.41) is 2.88. The van der Waals surface area contributed by atoms with Gasteiger partial charge in [-0.25, -0.2) is 0 Å². The number of fused-ring (bicyclic) bond motifs is 1. The number of rotatable bonds is 2. The molecule has 1 N–H and O–H groups in total. The molecule has 3 rings (SSSR count). The minimum Gasteiger partial charge on any atom is -0.307 e. The summed E-state index contributed by atoms with van der Waals surface area (Å²) in [6.07, 6.45) is 1.66. The Kier molecular flexibility index (Phi) is 3.23. The zero-order valence-corrected chi connectivity index (χ0v) is 11.5. The van der Waals surface area contributed by atoms with Gasteiger partial charge < -0.3 is 4.98 Å². The van der Waals surface area contributed by atoms with E-state index in [9.17, 15) is 4.79 Å². The van der Waals surface area contributed by atoms with Gasteiger partial charge in [-0.05, 0) is 22.9 Å². The minimum absolute atomic E-state index is 0.120. The highest BCUT2D eigenvalue weighted by atomic mass is 32.1. The summed E-state index contributed by atoms with van der Waals surface area (Å²) in [6.45, 7) is 0. The lowest BCUT2D eigenvalue weighted by atomic mass is 10.1. The van der Waals surface area contributed by atoms with Gasteiger partial charge in [-0.1, -0.05) is 41.7 Å². The Balaban J connectivity index is 1.97. The maximum atomic E-state index is 11.1. The molecule has 0 spiro atoms. The van der Waals surface area contributed by atoms with E-state index in [2.05, 4.69) is 28.7 Å². The lowest BCUT2D eigenvalue weighted by Gasteiger charge is -1.98. The Morgan fingerprint density at radius 1 is 1.16 bits per heavy atom. The number of nitrogens with one attached hydrogen (secondary N) is 1. The molecular weight excluding hydrogens is 276 g/mol. The van der Waals surface area contributed by atoms with Gasteiger partial charge >= 0.3 is 4.87 Å². The molecule has 2 aromatic carbocycles. The van der Waals surface area contributed by atoms with Crippen molar-refractivity contribution in [2.45, 2.75) is 5.03 Å². The molecule has 3 nitrogen and oxygen atoms in total. The molecule has 19 heavy (non-hydrogen) atoms. The van der Waals surface area contributed by atoms with Crippen LogP contribution < -0.4 is 4.87 Å². The smallest absolute Gasteiger partial charge is 0.305 e. The van der Waals surface area contributed by atoms with Crippen LogP contribution in [0.1, 0.15) is 4.88 Å². The Bertz CT molecular complexity index is 817. The van der Waals surface area contributed by atoms with Crippen molar-refractivity contribution in [3.63, 3.8) is 0 Å². The summed E-state index contributed by atoms with van der Waals surface area (Å²) >= 11 is 5.29. The Morgan fingerprint density at radius 3 is 2.68 bits per heavy atom. The zero-order chi connectivity index (χ0) is 13.2. The van der Waals surface area contributed by atoms with Crippen LogP contribution in [0, 0.1) is 0 Å². The molecule has 0 bridgehead atoms. The predicted octanol–water partition coefficient (Wildman–Crippen LogP) is 3.63. The predicted molar refractivity (Wildman–Crippen MR) is 83.4 cm³/mol. The van der Waals surface area contributed by atoms with Gasteiger partial charge in [0.25, 0.3) is 0 Å². The van der Waals surface area contributed by atoms with E-state index >= 15 is 0 Å². The molecule has 0 amide bonds. The van der Waals surface area contributed by atoms with Crippen molar-refractivity contribution in [3.05, 3.63) is 57.0 Å². The lowest BCUT2D eigenvalue weighted by Crippen LogP contribution is -1.89. The van der Waals surface area contributed by atoms with Crippen LogP contribution in [-0.2, 0) is 0 Å². The van der Waals surface area contributed by atoms with Crippen molar-refractivity contribution in [2.24, 2.45) is 4.99 Å². The highest BCUT2D eigenvalue weighted by Crippen LogP contribution is 2.21. The molecule has 5 heteroatoms. The number of hydrogen-bond donors (Lipinski definition) is 2. The summed E-state index contributed by atoms with van der Waals surface area (Å²) in [6, 6.07) is 14.1. The third-order valence-electron chi connectivity index (χ3n) is 2.72. The molecule has 0 aliphatic heterocycles. The standard InChI is InChI=1S/C14H10N2OS2/c17-14-16-13(18)12(19-14)8-15-11-6-5-9-3-1-2-4-10(9)7-11/h1-8,18H,(H,16,17). The fraction of sp³-hybridized carbons (Fsp3) is 0. The summed E-state index contributed by atoms with van der Waals surface area (Å²) in [5.41, 5.74) is 0.854. The van der Waals surface area contributed by atoms with Crippen molar-refractivity contribution < 1.29 is 0 Å². The van der Waals surface area contributed by atoms with E-state index in [4.69, 9.17) is 0 Å². The maximum Gasteiger partial charge on any atom is 0.305 e. The van der Waals surface area contributed by atoms with Gasteiger partial charge in [0.2, 0.25) is 0 Å². The van der Waals surface area contributed by atoms with Crippen LogP contribution in [0.15, 0.2) is 57.3 Å². The van der Waals surface area contributed by atoms with Crippen LogP contribution >= 0.6 is 24.0 Å². The molecule has 0 aliphatic carbocycles. The van der Waals surface area contributed by atoms with Crippen molar-refractivity contribution in [2.75, 3.05) is 0 Å². The Labute approximate surface area is 119 Å². The topological polar surface area (TPSA) is 45.2 Å². The van der Waals surface area contributed by atoms with Crippen LogP contribution in [0.5, 0.6) is 0 Å². The Hall–Kier alpha value is -1.85. The normalized spacial score (nSPS) is 11.4. The van der Waals surface area contributed by atoms with Gasteiger partial charge in [0.15, 0.2) is 0 Å². The van der Waals surface area contributed by atoms with E-state index in [1.54, 1.807) is 6.21 Å². The summed E-state index contributed by atoms with van der Waals surface area (Å²) < 4.78 is 0. The largest absolute Gasteiger partial charge is 0.307 e. The average Bonchev–Trinajstić information content (AvgIpc) is 2.74. The third-order valence-corrected chi connectivity index (χ3v) is 4.04. The SMILES string of the molecule is O=c1[nH]c(S)c(C=Nc2ccc3ccccc3c2)s1. The van der Waals surface area contributed by atoms with Gasteiger partial charge in [0.05, 0.1) is 15.6 Å². The molecule has 1 heterocycles. The van der Waals surface area contributed by atoms with Gasteiger partial charge in [-0.15, -0.1) is 12.6 Å². The van der Waals surface area contributed by atoms with E-state index < -0.39 is 0 Å². The van der Waals surface area contributed by atoms with E-state index in [1.807, 2.05) is 36.4 Å². The molecule has 94 valence electrons. The van der Waals surface area contributed by atoms with Crippen LogP contribution in [0.25, 0.3) is 10.8 Å². The number of hydrogen-bond acceptors (Lipinski definition) is 4. The van der Waals surface area contributed by atoms with Crippen LogP contribution in [-0.4, -0.2) is 11.2 Å². The van der Waals surface area contributed by atoms with Crippen LogP contribution in [0.2, 0.25) is 0 Å². The first-order chi connectivity index (χ1) is 9.22. The molecule has 0 atom stereocenters. The average molecular weight is 286 g/mol. The van der Waals surface area contributed by atoms with Crippen molar-refractivity contribution >= 4 is 46.6 Å². The number of thiazole rings is 1.